The number of benzene rings is 2. The third-order valence-electron chi connectivity index (χ3n) is 4.92. The molecule has 1 saturated carbocycles. The van der Waals surface area contributed by atoms with Crippen molar-refractivity contribution >= 4 is 16.9 Å². The first-order chi connectivity index (χ1) is 13.1. The molecular weight excluding hydrogens is 343 g/mol. The molecule has 1 aromatic heterocycles. The van der Waals surface area contributed by atoms with Crippen molar-refractivity contribution in [3.63, 3.8) is 0 Å². The average Bonchev–Trinajstić information content (AvgIpc) is 3.41. The Labute approximate surface area is 157 Å². The summed E-state index contributed by atoms with van der Waals surface area (Å²) in [6.07, 6.45) is 2.06. The van der Waals surface area contributed by atoms with Gasteiger partial charge in [0.2, 0.25) is 5.91 Å². The van der Waals surface area contributed by atoms with Gasteiger partial charge in [0.25, 0.3) is 0 Å². The largest absolute Gasteiger partial charge is 0.352 e. The molecule has 1 aliphatic carbocycles. The summed E-state index contributed by atoms with van der Waals surface area (Å²) >= 11 is 0. The lowest BCUT2D eigenvalue weighted by Crippen LogP contribution is -2.39. The Balaban J connectivity index is 1.48. The number of para-hydroxylation sites is 2. The maximum atomic E-state index is 13.3. The highest BCUT2D eigenvalue weighted by atomic mass is 19.1. The van der Waals surface area contributed by atoms with E-state index >= 15 is 0 Å². The number of halogens is 1. The van der Waals surface area contributed by atoms with E-state index in [1.54, 1.807) is 12.1 Å². The molecule has 1 atom stereocenters. The number of amides is 1. The van der Waals surface area contributed by atoms with Gasteiger partial charge >= 0.3 is 0 Å². The number of aromatic nitrogens is 2. The number of hydrogen-bond acceptors (Lipinski definition) is 3. The summed E-state index contributed by atoms with van der Waals surface area (Å²) in [7, 11) is 0. The van der Waals surface area contributed by atoms with E-state index in [1.807, 2.05) is 31.2 Å². The summed E-state index contributed by atoms with van der Waals surface area (Å²) in [6, 6.07) is 13.9. The highest BCUT2D eigenvalue weighted by Gasteiger charge is 2.28. The van der Waals surface area contributed by atoms with Crippen LogP contribution in [0, 0.1) is 12.7 Å². The van der Waals surface area contributed by atoms with Crippen molar-refractivity contribution in [2.45, 2.75) is 38.4 Å². The van der Waals surface area contributed by atoms with Gasteiger partial charge in [-0.2, -0.15) is 0 Å². The Bertz CT molecular complexity index is 946. The van der Waals surface area contributed by atoms with Crippen molar-refractivity contribution in [3.8, 4) is 0 Å². The van der Waals surface area contributed by atoms with E-state index in [0.29, 0.717) is 13.1 Å². The minimum Gasteiger partial charge on any atom is -0.352 e. The Morgan fingerprint density at radius 3 is 2.70 bits per heavy atom. The monoisotopic (exact) mass is 366 g/mol. The first-order valence-electron chi connectivity index (χ1n) is 9.33. The molecule has 0 radical (unpaired) electrons. The molecule has 4 rings (SSSR count). The van der Waals surface area contributed by atoms with Crippen LogP contribution in [0.2, 0.25) is 0 Å². The van der Waals surface area contributed by atoms with Gasteiger partial charge in [0.05, 0.1) is 11.0 Å². The molecule has 0 aliphatic heterocycles. The van der Waals surface area contributed by atoms with Gasteiger partial charge in [-0.25, -0.2) is 9.37 Å². The van der Waals surface area contributed by atoms with E-state index < -0.39 is 6.04 Å². The van der Waals surface area contributed by atoms with Gasteiger partial charge in [-0.3, -0.25) is 4.79 Å². The van der Waals surface area contributed by atoms with Crippen LogP contribution in [-0.4, -0.2) is 28.0 Å². The van der Waals surface area contributed by atoms with E-state index in [1.165, 1.54) is 12.1 Å². The fraction of sp³-hybridized carbons (Fsp3) is 0.333. The summed E-state index contributed by atoms with van der Waals surface area (Å²) in [5.74, 6) is 0.579. The minimum atomic E-state index is -0.499. The molecule has 0 bridgehead atoms. The lowest BCUT2D eigenvalue weighted by atomic mass is 10.1. The highest BCUT2D eigenvalue weighted by Crippen LogP contribution is 2.22. The van der Waals surface area contributed by atoms with Crippen molar-refractivity contribution < 1.29 is 9.18 Å². The molecule has 1 amide bonds. The number of imidazole rings is 1. The van der Waals surface area contributed by atoms with E-state index in [2.05, 4.69) is 20.2 Å². The molecule has 0 unspecified atom stereocenters. The normalized spacial score (nSPS) is 15.0. The van der Waals surface area contributed by atoms with Gasteiger partial charge < -0.3 is 15.2 Å². The van der Waals surface area contributed by atoms with Crippen molar-refractivity contribution in [1.29, 1.82) is 0 Å². The molecule has 27 heavy (non-hydrogen) atoms. The number of aryl methyl sites for hydroxylation is 1. The second kappa shape index (κ2) is 7.48. The zero-order chi connectivity index (χ0) is 18.8. The summed E-state index contributed by atoms with van der Waals surface area (Å²) < 4.78 is 15.4. The van der Waals surface area contributed by atoms with Crippen molar-refractivity contribution in [1.82, 2.24) is 20.2 Å². The molecule has 1 heterocycles. The maximum Gasteiger partial charge on any atom is 0.241 e. The minimum absolute atomic E-state index is 0.0590. The summed E-state index contributed by atoms with van der Waals surface area (Å²) in [5.41, 5.74) is 2.82. The molecule has 0 saturated heterocycles. The van der Waals surface area contributed by atoms with Gasteiger partial charge in [-0.05, 0) is 49.6 Å². The Kier molecular flexibility index (Phi) is 4.90. The van der Waals surface area contributed by atoms with Crippen molar-refractivity contribution in [2.24, 2.45) is 0 Å². The van der Waals surface area contributed by atoms with Gasteiger partial charge in [0.1, 0.15) is 17.7 Å². The number of rotatable bonds is 7. The Hall–Kier alpha value is -2.73. The number of carbonyl (C=O) groups excluding carboxylic acids is 1. The van der Waals surface area contributed by atoms with Crippen LogP contribution >= 0.6 is 0 Å². The van der Waals surface area contributed by atoms with Crippen LogP contribution in [0.25, 0.3) is 11.0 Å². The fourth-order valence-electron chi connectivity index (χ4n) is 3.33. The predicted octanol–water partition coefficient (Wildman–Crippen LogP) is 3.09. The van der Waals surface area contributed by atoms with Crippen LogP contribution < -0.4 is 10.6 Å². The van der Waals surface area contributed by atoms with Crippen LogP contribution in [0.1, 0.15) is 30.3 Å². The SMILES string of the molecule is Cc1nc2ccccc2n1CCN[C@H](C(=O)NC1CC1)c1ccc(F)cc1. The van der Waals surface area contributed by atoms with E-state index in [4.69, 9.17) is 0 Å². The zero-order valence-corrected chi connectivity index (χ0v) is 15.3. The van der Waals surface area contributed by atoms with Crippen molar-refractivity contribution in [2.75, 3.05) is 6.54 Å². The molecule has 2 aromatic carbocycles. The van der Waals surface area contributed by atoms with E-state index in [9.17, 15) is 9.18 Å². The highest BCUT2D eigenvalue weighted by molar-refractivity contribution is 5.83. The number of hydrogen-bond donors (Lipinski definition) is 2. The van der Waals surface area contributed by atoms with Crippen LogP contribution in [0.5, 0.6) is 0 Å². The van der Waals surface area contributed by atoms with Gasteiger partial charge in [0, 0.05) is 19.1 Å². The van der Waals surface area contributed by atoms with Gasteiger partial charge in [-0.1, -0.05) is 24.3 Å². The van der Waals surface area contributed by atoms with Crippen LogP contribution in [0.15, 0.2) is 48.5 Å². The standard InChI is InChI=1S/C21H23FN4O/c1-14-24-18-4-2-3-5-19(18)26(14)13-12-23-20(21(27)25-17-10-11-17)15-6-8-16(22)9-7-15/h2-9,17,20,23H,10-13H2,1H3,(H,25,27)/t20-/m0/s1. The molecule has 3 aromatic rings. The first kappa shape index (κ1) is 17.7. The zero-order valence-electron chi connectivity index (χ0n) is 15.3. The predicted molar refractivity (Wildman–Crippen MR) is 103 cm³/mol. The molecule has 5 nitrogen and oxygen atoms in total. The molecule has 140 valence electrons. The molecular formula is C21H23FN4O. The first-order valence-corrected chi connectivity index (χ1v) is 9.33. The van der Waals surface area contributed by atoms with E-state index in [-0.39, 0.29) is 17.8 Å². The number of nitrogens with one attached hydrogen (secondary N) is 2. The molecule has 0 spiro atoms. The van der Waals surface area contributed by atoms with Crippen LogP contribution in [-0.2, 0) is 11.3 Å². The van der Waals surface area contributed by atoms with Crippen molar-refractivity contribution in [3.05, 3.63) is 65.7 Å². The quantitative estimate of drug-likeness (QED) is 0.676. The number of fused-ring (bicyclic) bond motifs is 1. The number of carbonyl (C=O) groups is 1. The lowest BCUT2D eigenvalue weighted by Gasteiger charge is -2.19. The second-order valence-electron chi connectivity index (χ2n) is 7.02. The van der Waals surface area contributed by atoms with Crippen LogP contribution in [0.4, 0.5) is 4.39 Å². The third kappa shape index (κ3) is 4.01. The smallest absolute Gasteiger partial charge is 0.241 e. The van der Waals surface area contributed by atoms with Gasteiger partial charge in [-0.15, -0.1) is 0 Å². The topological polar surface area (TPSA) is 59.0 Å². The molecule has 6 heteroatoms. The Morgan fingerprint density at radius 2 is 1.96 bits per heavy atom. The van der Waals surface area contributed by atoms with Crippen LogP contribution in [0.3, 0.4) is 0 Å². The molecule has 1 fully saturated rings. The average molecular weight is 366 g/mol. The summed E-state index contributed by atoms with van der Waals surface area (Å²) in [5, 5.41) is 6.37. The molecule has 1 aliphatic rings. The van der Waals surface area contributed by atoms with Gasteiger partial charge in [0.15, 0.2) is 0 Å². The maximum absolute atomic E-state index is 13.3. The second-order valence-corrected chi connectivity index (χ2v) is 7.02. The summed E-state index contributed by atoms with van der Waals surface area (Å²) in [4.78, 5) is 17.2. The van der Waals surface area contributed by atoms with E-state index in [0.717, 1.165) is 35.3 Å². The molecule has 2 N–H and O–H groups in total. The lowest BCUT2D eigenvalue weighted by molar-refractivity contribution is -0.123. The summed E-state index contributed by atoms with van der Waals surface area (Å²) in [6.45, 7) is 3.28. The fourth-order valence-corrected chi connectivity index (χ4v) is 3.33. The Morgan fingerprint density at radius 1 is 1.22 bits per heavy atom. The third-order valence-corrected chi connectivity index (χ3v) is 4.92. The number of nitrogens with zero attached hydrogens (tertiary/aromatic N) is 2.